The van der Waals surface area contributed by atoms with Gasteiger partial charge in [0.05, 0.1) is 36.8 Å². The molecule has 1 aliphatic carbocycles. The fraction of sp³-hybridized carbons (Fsp3) is 0.406. The summed E-state index contributed by atoms with van der Waals surface area (Å²) in [5.41, 5.74) is 3.47. The van der Waals surface area contributed by atoms with Gasteiger partial charge >= 0.3 is 0 Å². The number of hydroxylamine groups is 1. The molecule has 3 fully saturated rings. The summed E-state index contributed by atoms with van der Waals surface area (Å²) in [6.07, 6.45) is 8.95. The number of nitrogens with zero attached hydrogens (tertiary/aromatic N) is 5. The lowest BCUT2D eigenvalue weighted by molar-refractivity contribution is -0.111. The zero-order valence-electron chi connectivity index (χ0n) is 24.2. The van der Waals surface area contributed by atoms with Crippen LogP contribution in [0.1, 0.15) is 43.7 Å². The van der Waals surface area contributed by atoms with E-state index in [0.717, 1.165) is 38.3 Å². The molecule has 2 aliphatic heterocycles. The molecule has 3 heterocycles. The fourth-order valence-corrected chi connectivity index (χ4v) is 6.33. The smallest absolute Gasteiger partial charge is 0.247 e. The second-order valence-corrected chi connectivity index (χ2v) is 11.0. The molecule has 2 saturated heterocycles. The molecule has 0 bridgehead atoms. The van der Waals surface area contributed by atoms with Gasteiger partial charge in [-0.1, -0.05) is 49.8 Å². The molecule has 3 aliphatic rings. The van der Waals surface area contributed by atoms with Crippen molar-refractivity contribution in [2.24, 2.45) is 0 Å². The third-order valence-electron chi connectivity index (χ3n) is 8.49. The van der Waals surface area contributed by atoms with Gasteiger partial charge in [-0.3, -0.25) is 14.5 Å². The summed E-state index contributed by atoms with van der Waals surface area (Å²) in [6.45, 7) is 8.05. The minimum Gasteiger partial charge on any atom is -0.494 e. The predicted molar refractivity (Wildman–Crippen MR) is 165 cm³/mol. The van der Waals surface area contributed by atoms with Gasteiger partial charge in [0.2, 0.25) is 5.91 Å². The highest BCUT2D eigenvalue weighted by molar-refractivity contribution is 6.02. The molecular formula is C32H39N7O3. The second-order valence-electron chi connectivity index (χ2n) is 11.0. The van der Waals surface area contributed by atoms with E-state index in [1.807, 2.05) is 41.5 Å². The topological polar surface area (TPSA) is 95.1 Å². The first-order valence-electron chi connectivity index (χ1n) is 14.8. The van der Waals surface area contributed by atoms with E-state index in [1.165, 1.54) is 43.7 Å². The lowest BCUT2D eigenvalue weighted by atomic mass is 10.0. The van der Waals surface area contributed by atoms with Crippen molar-refractivity contribution in [1.29, 1.82) is 0 Å². The first-order chi connectivity index (χ1) is 20.6. The van der Waals surface area contributed by atoms with Crippen LogP contribution in [0.25, 0.3) is 0 Å². The number of hydrogen-bond acceptors (Lipinski definition) is 9. The summed E-state index contributed by atoms with van der Waals surface area (Å²) in [7, 11) is 1.65. The number of benzene rings is 2. The van der Waals surface area contributed by atoms with Crippen molar-refractivity contribution >= 4 is 34.6 Å². The van der Waals surface area contributed by atoms with Gasteiger partial charge in [0.25, 0.3) is 0 Å². The van der Waals surface area contributed by atoms with Crippen LogP contribution in [0, 0.1) is 0 Å². The molecule has 10 nitrogen and oxygen atoms in total. The summed E-state index contributed by atoms with van der Waals surface area (Å²) in [5, 5.41) is 8.25. The molecule has 1 aromatic heterocycles. The van der Waals surface area contributed by atoms with Crippen molar-refractivity contribution in [2.75, 3.05) is 60.5 Å². The Hall–Kier alpha value is -4.15. The molecule has 6 rings (SSSR count). The Balaban J connectivity index is 1.25. The summed E-state index contributed by atoms with van der Waals surface area (Å²) >= 11 is 0. The standard InChI is InChI=1S/C32H39N7O3/c1-3-32(40)36-25-19-26(29(41-2)20-28(25)38-16-14-37(15-17-38)24-11-7-8-12-24)35-30-21-31(34-22-33-30)39-27(13-18-42-39)23-9-5-4-6-10-23/h3-6,9-10,19-22,24,27H,1,7-8,11-18H2,2H3,(H,36,40)(H,33,34,35)/t27-/m1/s1. The number of ether oxygens (including phenoxy) is 1. The normalized spacial score (nSPS) is 19.6. The maximum Gasteiger partial charge on any atom is 0.247 e. The zero-order valence-corrected chi connectivity index (χ0v) is 24.2. The van der Waals surface area contributed by atoms with Gasteiger partial charge < -0.3 is 20.3 Å². The number of nitrogens with one attached hydrogen (secondary N) is 2. The van der Waals surface area contributed by atoms with Gasteiger partial charge in [-0.25, -0.2) is 15.0 Å². The van der Waals surface area contributed by atoms with Gasteiger partial charge in [0, 0.05) is 50.8 Å². The van der Waals surface area contributed by atoms with E-state index in [0.29, 0.717) is 41.4 Å². The number of methoxy groups -OCH3 is 1. The number of anilines is 5. The minimum absolute atomic E-state index is 0.0672. The zero-order chi connectivity index (χ0) is 28.9. The van der Waals surface area contributed by atoms with Crippen molar-refractivity contribution in [3.8, 4) is 5.75 Å². The Morgan fingerprint density at radius 3 is 2.55 bits per heavy atom. The maximum absolute atomic E-state index is 12.5. The van der Waals surface area contributed by atoms with Crippen LogP contribution in [-0.4, -0.2) is 66.7 Å². The van der Waals surface area contributed by atoms with Crippen LogP contribution in [0.5, 0.6) is 5.75 Å². The summed E-state index contributed by atoms with van der Waals surface area (Å²) in [4.78, 5) is 32.4. The molecule has 1 saturated carbocycles. The Kier molecular flexibility index (Phi) is 8.52. The average Bonchev–Trinajstić information content (AvgIpc) is 3.75. The summed E-state index contributed by atoms with van der Waals surface area (Å²) in [5.74, 6) is 1.63. The number of carbonyl (C=O) groups is 1. The number of aromatic nitrogens is 2. The summed E-state index contributed by atoms with van der Waals surface area (Å²) < 4.78 is 5.83. The van der Waals surface area contributed by atoms with Crippen LogP contribution in [0.4, 0.5) is 28.7 Å². The van der Waals surface area contributed by atoms with Gasteiger partial charge in [0.15, 0.2) is 5.82 Å². The third kappa shape index (κ3) is 6.05. The number of rotatable bonds is 9. The Morgan fingerprint density at radius 2 is 1.81 bits per heavy atom. The van der Waals surface area contributed by atoms with E-state index in [2.05, 4.69) is 49.1 Å². The van der Waals surface area contributed by atoms with Gasteiger partial charge in [-0.15, -0.1) is 0 Å². The Bertz CT molecular complexity index is 1390. The molecule has 2 N–H and O–H groups in total. The van der Waals surface area contributed by atoms with Crippen molar-refractivity contribution in [2.45, 2.75) is 44.2 Å². The largest absolute Gasteiger partial charge is 0.494 e. The second kappa shape index (κ2) is 12.8. The molecule has 2 aromatic carbocycles. The molecule has 42 heavy (non-hydrogen) atoms. The molecule has 0 radical (unpaired) electrons. The number of amides is 1. The first-order valence-corrected chi connectivity index (χ1v) is 14.8. The highest BCUT2D eigenvalue weighted by Crippen LogP contribution is 2.40. The van der Waals surface area contributed by atoms with Crippen molar-refractivity contribution in [1.82, 2.24) is 14.9 Å². The Labute approximate surface area is 247 Å². The van der Waals surface area contributed by atoms with Gasteiger partial charge in [-0.05, 0) is 30.5 Å². The van der Waals surface area contributed by atoms with Crippen LogP contribution in [-0.2, 0) is 9.63 Å². The molecular weight excluding hydrogens is 530 g/mol. The van der Waals surface area contributed by atoms with Crippen LogP contribution >= 0.6 is 0 Å². The summed E-state index contributed by atoms with van der Waals surface area (Å²) in [6, 6.07) is 16.8. The number of hydrogen-bond donors (Lipinski definition) is 2. The van der Waals surface area contributed by atoms with E-state index in [4.69, 9.17) is 9.57 Å². The molecule has 0 unspecified atom stereocenters. The predicted octanol–water partition coefficient (Wildman–Crippen LogP) is 5.30. The van der Waals surface area contributed by atoms with Crippen LogP contribution < -0.4 is 25.3 Å². The van der Waals surface area contributed by atoms with Gasteiger partial charge in [-0.2, -0.15) is 0 Å². The molecule has 3 aromatic rings. The Morgan fingerprint density at radius 1 is 1.02 bits per heavy atom. The molecule has 10 heteroatoms. The highest BCUT2D eigenvalue weighted by atomic mass is 16.7. The highest BCUT2D eigenvalue weighted by Gasteiger charge is 2.30. The van der Waals surface area contributed by atoms with Gasteiger partial charge in [0.1, 0.15) is 17.9 Å². The van der Waals surface area contributed by atoms with E-state index in [1.54, 1.807) is 7.11 Å². The number of piperazine rings is 1. The number of carbonyl (C=O) groups excluding carboxylic acids is 1. The first kappa shape index (κ1) is 28.0. The molecule has 220 valence electrons. The van der Waals surface area contributed by atoms with Crippen LogP contribution in [0.2, 0.25) is 0 Å². The van der Waals surface area contributed by atoms with Crippen LogP contribution in [0.15, 0.2) is 67.5 Å². The minimum atomic E-state index is -0.264. The fourth-order valence-electron chi connectivity index (χ4n) is 6.33. The van der Waals surface area contributed by atoms with E-state index in [-0.39, 0.29) is 11.9 Å². The van der Waals surface area contributed by atoms with E-state index in [9.17, 15) is 4.79 Å². The lowest BCUT2D eigenvalue weighted by Gasteiger charge is -2.40. The average molecular weight is 570 g/mol. The van der Waals surface area contributed by atoms with E-state index >= 15 is 0 Å². The van der Waals surface area contributed by atoms with E-state index < -0.39 is 0 Å². The molecule has 1 amide bonds. The molecule has 1 atom stereocenters. The quantitative estimate of drug-likeness (QED) is 0.333. The SMILES string of the molecule is C=CC(=O)Nc1cc(Nc2cc(N3OCC[C@@H]3c3ccccc3)ncn2)c(OC)cc1N1CCN(C2CCCC2)CC1. The van der Waals surface area contributed by atoms with Crippen molar-refractivity contribution in [3.63, 3.8) is 0 Å². The molecule has 0 spiro atoms. The third-order valence-corrected chi connectivity index (χ3v) is 8.49. The van der Waals surface area contributed by atoms with Crippen molar-refractivity contribution < 1.29 is 14.4 Å². The van der Waals surface area contributed by atoms with Crippen LogP contribution in [0.3, 0.4) is 0 Å². The lowest BCUT2D eigenvalue weighted by Crippen LogP contribution is -2.49. The van der Waals surface area contributed by atoms with Crippen molar-refractivity contribution in [3.05, 3.63) is 73.1 Å². The maximum atomic E-state index is 12.5. The monoisotopic (exact) mass is 569 g/mol.